The average Bonchev–Trinajstić information content (AvgIpc) is 2.71. The van der Waals surface area contributed by atoms with Gasteiger partial charge >= 0.3 is 0 Å². The first-order chi connectivity index (χ1) is 13.9. The Balaban J connectivity index is 1.62. The standard InChI is InChI=1S/C22H25FN2O4/c1-25(10-4-5-14-6-9-19(28-2)20(11-14)29-3)22(27)17-13-21(26)24-18-12-15(23)7-8-16(17)18/h6-9,11-12,17H,4-5,10,13H2,1-3H3,(H,24,26)/t17-/m1/s1. The molecule has 0 unspecified atom stereocenters. The van der Waals surface area contributed by atoms with Gasteiger partial charge in [-0.2, -0.15) is 0 Å². The Kier molecular flexibility index (Phi) is 6.36. The largest absolute Gasteiger partial charge is 0.493 e. The normalized spacial score (nSPS) is 15.3. The van der Waals surface area contributed by atoms with Crippen molar-refractivity contribution in [2.24, 2.45) is 0 Å². The minimum atomic E-state index is -0.592. The van der Waals surface area contributed by atoms with Gasteiger partial charge in [0.05, 0.1) is 20.1 Å². The molecule has 0 bridgehead atoms. The molecule has 29 heavy (non-hydrogen) atoms. The first-order valence-corrected chi connectivity index (χ1v) is 9.48. The maximum Gasteiger partial charge on any atom is 0.230 e. The van der Waals surface area contributed by atoms with E-state index in [1.165, 1.54) is 12.1 Å². The van der Waals surface area contributed by atoms with E-state index in [1.807, 2.05) is 18.2 Å². The fraction of sp³-hybridized carbons (Fsp3) is 0.364. The Morgan fingerprint density at radius 2 is 1.93 bits per heavy atom. The number of nitrogens with one attached hydrogen (secondary N) is 1. The van der Waals surface area contributed by atoms with E-state index >= 15 is 0 Å². The van der Waals surface area contributed by atoms with Crippen molar-refractivity contribution in [3.05, 3.63) is 53.3 Å². The summed E-state index contributed by atoms with van der Waals surface area (Å²) in [7, 11) is 4.92. The Morgan fingerprint density at radius 1 is 1.17 bits per heavy atom. The Bertz CT molecular complexity index is 916. The Hall–Kier alpha value is -3.09. The Morgan fingerprint density at radius 3 is 2.66 bits per heavy atom. The number of ether oxygens (including phenoxy) is 2. The molecule has 1 atom stereocenters. The number of aryl methyl sites for hydroxylation is 1. The zero-order valence-electron chi connectivity index (χ0n) is 16.8. The minimum absolute atomic E-state index is 0.0669. The zero-order chi connectivity index (χ0) is 21.0. The second-order valence-electron chi connectivity index (χ2n) is 7.09. The molecule has 1 aliphatic rings. The number of rotatable bonds is 7. The minimum Gasteiger partial charge on any atom is -0.493 e. The van der Waals surface area contributed by atoms with Crippen molar-refractivity contribution in [3.8, 4) is 11.5 Å². The predicted molar refractivity (Wildman–Crippen MR) is 108 cm³/mol. The number of nitrogens with zero attached hydrogens (tertiary/aromatic N) is 1. The van der Waals surface area contributed by atoms with E-state index in [4.69, 9.17) is 9.47 Å². The zero-order valence-corrected chi connectivity index (χ0v) is 16.8. The van der Waals surface area contributed by atoms with Gasteiger partial charge < -0.3 is 19.7 Å². The molecule has 0 spiro atoms. The number of benzene rings is 2. The molecule has 7 heteroatoms. The van der Waals surface area contributed by atoms with Crippen LogP contribution in [0.1, 0.15) is 29.9 Å². The number of hydrogen-bond acceptors (Lipinski definition) is 4. The van der Waals surface area contributed by atoms with Gasteiger partial charge in [-0.25, -0.2) is 4.39 Å². The highest BCUT2D eigenvalue weighted by molar-refractivity contribution is 6.01. The molecule has 1 aliphatic heterocycles. The summed E-state index contributed by atoms with van der Waals surface area (Å²) in [6.07, 6.45) is 1.59. The Labute approximate surface area is 169 Å². The molecule has 0 radical (unpaired) electrons. The van der Waals surface area contributed by atoms with Gasteiger partial charge in [0, 0.05) is 25.7 Å². The van der Waals surface area contributed by atoms with Crippen molar-refractivity contribution in [1.29, 1.82) is 0 Å². The molecular weight excluding hydrogens is 375 g/mol. The van der Waals surface area contributed by atoms with E-state index in [0.717, 1.165) is 18.4 Å². The summed E-state index contributed by atoms with van der Waals surface area (Å²) in [5, 5.41) is 2.64. The summed E-state index contributed by atoms with van der Waals surface area (Å²) < 4.78 is 24.0. The van der Waals surface area contributed by atoms with E-state index in [0.29, 0.717) is 29.3 Å². The highest BCUT2D eigenvalue weighted by Crippen LogP contribution is 2.34. The predicted octanol–water partition coefficient (Wildman–Crippen LogP) is 3.36. The van der Waals surface area contributed by atoms with Crippen LogP contribution in [0.15, 0.2) is 36.4 Å². The molecule has 0 aromatic heterocycles. The average molecular weight is 400 g/mol. The van der Waals surface area contributed by atoms with Gasteiger partial charge in [-0.05, 0) is 48.2 Å². The molecule has 2 amide bonds. The summed E-state index contributed by atoms with van der Waals surface area (Å²) in [6.45, 7) is 0.543. The highest BCUT2D eigenvalue weighted by Gasteiger charge is 2.32. The fourth-order valence-corrected chi connectivity index (χ4v) is 3.59. The van der Waals surface area contributed by atoms with Crippen LogP contribution in [-0.4, -0.2) is 44.5 Å². The number of halogens is 1. The number of amides is 2. The van der Waals surface area contributed by atoms with Crippen molar-refractivity contribution in [2.45, 2.75) is 25.2 Å². The quantitative estimate of drug-likeness (QED) is 0.774. The smallest absolute Gasteiger partial charge is 0.230 e. The summed E-state index contributed by atoms with van der Waals surface area (Å²) in [5.74, 6) is -0.105. The van der Waals surface area contributed by atoms with Gasteiger partial charge in [0.1, 0.15) is 5.82 Å². The van der Waals surface area contributed by atoms with Gasteiger partial charge in [0.2, 0.25) is 11.8 Å². The summed E-state index contributed by atoms with van der Waals surface area (Å²) in [6, 6.07) is 9.90. The SMILES string of the molecule is COc1ccc(CCCN(C)C(=O)[C@@H]2CC(=O)Nc3cc(F)ccc32)cc1OC. The molecule has 6 nitrogen and oxygen atoms in total. The van der Waals surface area contributed by atoms with Crippen LogP contribution in [0.2, 0.25) is 0 Å². The van der Waals surface area contributed by atoms with Crippen LogP contribution >= 0.6 is 0 Å². The van der Waals surface area contributed by atoms with Gasteiger partial charge in [0.15, 0.2) is 11.5 Å². The lowest BCUT2D eigenvalue weighted by Crippen LogP contribution is -2.37. The van der Waals surface area contributed by atoms with Crippen molar-refractivity contribution >= 4 is 17.5 Å². The number of carbonyl (C=O) groups excluding carboxylic acids is 2. The molecule has 1 N–H and O–H groups in total. The van der Waals surface area contributed by atoms with Gasteiger partial charge in [-0.15, -0.1) is 0 Å². The third-order valence-electron chi connectivity index (χ3n) is 5.14. The second-order valence-corrected chi connectivity index (χ2v) is 7.09. The summed E-state index contributed by atoms with van der Waals surface area (Å²) in [5.41, 5.74) is 2.11. The van der Waals surface area contributed by atoms with E-state index in [2.05, 4.69) is 5.32 Å². The van der Waals surface area contributed by atoms with Gasteiger partial charge in [0.25, 0.3) is 0 Å². The summed E-state index contributed by atoms with van der Waals surface area (Å²) in [4.78, 5) is 26.5. The first-order valence-electron chi connectivity index (χ1n) is 9.48. The molecule has 0 fully saturated rings. The van der Waals surface area contributed by atoms with Crippen LogP contribution in [-0.2, 0) is 16.0 Å². The van der Waals surface area contributed by atoms with Crippen LogP contribution in [0.3, 0.4) is 0 Å². The molecular formula is C22H25FN2O4. The van der Waals surface area contributed by atoms with E-state index in [1.54, 1.807) is 32.2 Å². The lowest BCUT2D eigenvalue weighted by Gasteiger charge is -2.28. The molecule has 2 aromatic carbocycles. The number of fused-ring (bicyclic) bond motifs is 1. The van der Waals surface area contributed by atoms with Gasteiger partial charge in [-0.1, -0.05) is 12.1 Å². The molecule has 2 aromatic rings. The molecule has 1 heterocycles. The lowest BCUT2D eigenvalue weighted by atomic mass is 9.89. The maximum absolute atomic E-state index is 13.5. The van der Waals surface area contributed by atoms with Gasteiger partial charge in [-0.3, -0.25) is 9.59 Å². The lowest BCUT2D eigenvalue weighted by molar-refractivity contribution is -0.133. The van der Waals surface area contributed by atoms with E-state index in [9.17, 15) is 14.0 Å². The van der Waals surface area contributed by atoms with Crippen LogP contribution in [0.4, 0.5) is 10.1 Å². The van der Waals surface area contributed by atoms with Crippen molar-refractivity contribution in [1.82, 2.24) is 4.90 Å². The van der Waals surface area contributed by atoms with E-state index in [-0.39, 0.29) is 18.2 Å². The molecule has 0 aliphatic carbocycles. The van der Waals surface area contributed by atoms with Crippen molar-refractivity contribution in [2.75, 3.05) is 33.1 Å². The number of likely N-dealkylation sites (N-methyl/N-ethyl adjacent to an activating group) is 1. The highest BCUT2D eigenvalue weighted by atomic mass is 19.1. The number of hydrogen-bond donors (Lipinski definition) is 1. The topological polar surface area (TPSA) is 67.9 Å². The number of methoxy groups -OCH3 is 2. The van der Waals surface area contributed by atoms with Crippen molar-refractivity contribution < 1.29 is 23.5 Å². The van der Waals surface area contributed by atoms with Crippen molar-refractivity contribution in [3.63, 3.8) is 0 Å². The monoisotopic (exact) mass is 400 g/mol. The third-order valence-corrected chi connectivity index (χ3v) is 5.14. The third kappa shape index (κ3) is 4.67. The molecule has 0 saturated heterocycles. The van der Waals surface area contributed by atoms with Crippen LogP contribution in [0.25, 0.3) is 0 Å². The van der Waals surface area contributed by atoms with Crippen LogP contribution in [0.5, 0.6) is 11.5 Å². The van der Waals surface area contributed by atoms with Crippen LogP contribution < -0.4 is 14.8 Å². The second kappa shape index (κ2) is 8.94. The number of carbonyl (C=O) groups is 2. The molecule has 154 valence electrons. The molecule has 0 saturated carbocycles. The summed E-state index contributed by atoms with van der Waals surface area (Å²) >= 11 is 0. The fourth-order valence-electron chi connectivity index (χ4n) is 3.59. The maximum atomic E-state index is 13.5. The van der Waals surface area contributed by atoms with E-state index < -0.39 is 11.7 Å². The van der Waals surface area contributed by atoms with Crippen LogP contribution in [0, 0.1) is 5.82 Å². The first kappa shape index (κ1) is 20.6. The number of anilines is 1. The molecule has 3 rings (SSSR count).